The number of piperidine rings is 1. The van der Waals surface area contributed by atoms with E-state index in [9.17, 15) is 13.6 Å². The van der Waals surface area contributed by atoms with Crippen LogP contribution in [0.3, 0.4) is 0 Å². The maximum atomic E-state index is 12.9. The molecule has 1 heterocycles. The summed E-state index contributed by atoms with van der Waals surface area (Å²) >= 11 is 0. The van der Waals surface area contributed by atoms with E-state index in [1.165, 1.54) is 19.3 Å². The molecule has 1 saturated heterocycles. The Labute approximate surface area is 111 Å². The number of carbonyl (C=O) groups is 1. The zero-order valence-electron chi connectivity index (χ0n) is 11.0. The first kappa shape index (κ1) is 14.7. The van der Waals surface area contributed by atoms with Gasteiger partial charge in [-0.15, -0.1) is 0 Å². The lowest BCUT2D eigenvalue weighted by Gasteiger charge is -2.40. The van der Waals surface area contributed by atoms with E-state index in [2.05, 4.69) is 10.6 Å². The number of nitrogens with one attached hydrogen (secondary N) is 2. The highest BCUT2D eigenvalue weighted by Gasteiger charge is 2.35. The summed E-state index contributed by atoms with van der Waals surface area (Å²) in [4.78, 5) is 11.8. The van der Waals surface area contributed by atoms with Gasteiger partial charge in [0.05, 0.1) is 12.6 Å². The van der Waals surface area contributed by atoms with Crippen LogP contribution in [0.5, 0.6) is 0 Å². The molecule has 0 aromatic rings. The number of hydrogen-bond donors (Lipinski definition) is 3. The average molecular weight is 276 g/mol. The van der Waals surface area contributed by atoms with Gasteiger partial charge >= 0.3 is 0 Å². The number of aliphatic hydroxyl groups excluding tert-OH is 1. The Bertz CT molecular complexity index is 326. The third kappa shape index (κ3) is 3.86. The SMILES string of the molecule is O=C(NCC(F)(F)CO)C1CCC2CCCCC2N1. The molecule has 0 spiro atoms. The van der Waals surface area contributed by atoms with Crippen LogP contribution in [0.2, 0.25) is 0 Å². The molecule has 4 nitrogen and oxygen atoms in total. The number of amides is 1. The third-order valence-corrected chi connectivity index (χ3v) is 4.22. The zero-order chi connectivity index (χ0) is 13.9. The third-order valence-electron chi connectivity index (χ3n) is 4.22. The number of hydrogen-bond acceptors (Lipinski definition) is 3. The fraction of sp³-hybridized carbons (Fsp3) is 0.923. The molecule has 110 valence electrons. The van der Waals surface area contributed by atoms with Crippen molar-refractivity contribution < 1.29 is 18.7 Å². The molecule has 2 rings (SSSR count). The first-order valence-electron chi connectivity index (χ1n) is 7.04. The second-order valence-corrected chi connectivity index (χ2v) is 5.68. The van der Waals surface area contributed by atoms with Crippen molar-refractivity contribution in [1.82, 2.24) is 10.6 Å². The van der Waals surface area contributed by atoms with E-state index in [-0.39, 0.29) is 11.9 Å². The van der Waals surface area contributed by atoms with Gasteiger partial charge in [0.2, 0.25) is 5.91 Å². The van der Waals surface area contributed by atoms with Crippen LogP contribution in [-0.2, 0) is 4.79 Å². The minimum atomic E-state index is -3.24. The molecule has 2 fully saturated rings. The first-order chi connectivity index (χ1) is 9.02. The van der Waals surface area contributed by atoms with Crippen molar-refractivity contribution in [3.8, 4) is 0 Å². The summed E-state index contributed by atoms with van der Waals surface area (Å²) in [6.45, 7) is -2.04. The summed E-state index contributed by atoms with van der Waals surface area (Å²) in [5.41, 5.74) is 0. The average Bonchev–Trinajstić information content (AvgIpc) is 2.44. The molecule has 1 saturated carbocycles. The molecule has 3 N–H and O–H groups in total. The van der Waals surface area contributed by atoms with Gasteiger partial charge in [-0.25, -0.2) is 8.78 Å². The van der Waals surface area contributed by atoms with E-state index in [0.29, 0.717) is 18.4 Å². The summed E-state index contributed by atoms with van der Waals surface area (Å²) in [6.07, 6.45) is 6.40. The van der Waals surface area contributed by atoms with E-state index >= 15 is 0 Å². The van der Waals surface area contributed by atoms with Gasteiger partial charge in [-0.2, -0.15) is 0 Å². The molecule has 0 aromatic heterocycles. The number of carbonyl (C=O) groups excluding carboxylic acids is 1. The predicted octanol–water partition coefficient (Wildman–Crippen LogP) is 1.04. The molecule has 1 aliphatic carbocycles. The summed E-state index contributed by atoms with van der Waals surface area (Å²) in [5.74, 6) is -2.98. The molecule has 3 unspecified atom stereocenters. The summed E-state index contributed by atoms with van der Waals surface area (Å²) in [6, 6.07) is -0.00885. The van der Waals surface area contributed by atoms with Gasteiger partial charge in [0.1, 0.15) is 6.61 Å². The molecule has 2 aliphatic rings. The highest BCUT2D eigenvalue weighted by molar-refractivity contribution is 5.81. The quantitative estimate of drug-likeness (QED) is 0.719. The second kappa shape index (κ2) is 6.13. The minimum Gasteiger partial charge on any atom is -0.390 e. The minimum absolute atomic E-state index is 0.358. The summed E-state index contributed by atoms with van der Waals surface area (Å²) in [7, 11) is 0. The lowest BCUT2D eigenvalue weighted by Crippen LogP contribution is -2.56. The van der Waals surface area contributed by atoms with E-state index < -0.39 is 19.1 Å². The van der Waals surface area contributed by atoms with Crippen LogP contribution in [0.15, 0.2) is 0 Å². The van der Waals surface area contributed by atoms with Crippen molar-refractivity contribution in [2.24, 2.45) is 5.92 Å². The van der Waals surface area contributed by atoms with Crippen LogP contribution in [0.1, 0.15) is 38.5 Å². The van der Waals surface area contributed by atoms with Gasteiger partial charge < -0.3 is 15.7 Å². The Morgan fingerprint density at radius 3 is 2.74 bits per heavy atom. The van der Waals surface area contributed by atoms with Gasteiger partial charge in [-0.3, -0.25) is 4.79 Å². The van der Waals surface area contributed by atoms with Crippen molar-refractivity contribution in [3.63, 3.8) is 0 Å². The number of rotatable bonds is 4. The highest BCUT2D eigenvalue weighted by Crippen LogP contribution is 2.32. The largest absolute Gasteiger partial charge is 0.390 e. The first-order valence-corrected chi connectivity index (χ1v) is 7.04. The molecule has 0 aromatic carbocycles. The van der Waals surface area contributed by atoms with Crippen LogP contribution < -0.4 is 10.6 Å². The Hall–Kier alpha value is -0.750. The monoisotopic (exact) mass is 276 g/mol. The standard InChI is InChI=1S/C13H22F2N2O2/c14-13(15,8-18)7-16-12(19)11-6-5-9-3-1-2-4-10(9)17-11/h9-11,17-18H,1-8H2,(H,16,19). The van der Waals surface area contributed by atoms with E-state index in [1.807, 2.05) is 0 Å². The Morgan fingerprint density at radius 1 is 1.26 bits per heavy atom. The molecule has 19 heavy (non-hydrogen) atoms. The van der Waals surface area contributed by atoms with Crippen LogP contribution in [0.25, 0.3) is 0 Å². The highest BCUT2D eigenvalue weighted by atomic mass is 19.3. The van der Waals surface area contributed by atoms with Gasteiger partial charge in [0, 0.05) is 6.04 Å². The smallest absolute Gasteiger partial charge is 0.287 e. The normalized spacial score (nSPS) is 31.6. The number of fused-ring (bicyclic) bond motifs is 1. The van der Waals surface area contributed by atoms with Crippen molar-refractivity contribution in [1.29, 1.82) is 0 Å². The topological polar surface area (TPSA) is 61.4 Å². The molecule has 1 aliphatic heterocycles. The summed E-state index contributed by atoms with van der Waals surface area (Å²) < 4.78 is 25.7. The van der Waals surface area contributed by atoms with E-state index in [0.717, 1.165) is 12.8 Å². The fourth-order valence-electron chi connectivity index (χ4n) is 3.10. The van der Waals surface area contributed by atoms with Gasteiger partial charge in [0.25, 0.3) is 5.92 Å². The maximum absolute atomic E-state index is 12.9. The predicted molar refractivity (Wildman–Crippen MR) is 66.9 cm³/mol. The fourth-order valence-corrected chi connectivity index (χ4v) is 3.10. The molecule has 3 atom stereocenters. The molecule has 1 amide bonds. The molecular weight excluding hydrogens is 254 g/mol. The summed E-state index contributed by atoms with van der Waals surface area (Å²) in [5, 5.41) is 14.0. The van der Waals surface area contributed by atoms with Gasteiger partial charge in [0.15, 0.2) is 0 Å². The molecule has 6 heteroatoms. The Kier molecular flexibility index (Phi) is 4.73. The van der Waals surface area contributed by atoms with Crippen LogP contribution in [0.4, 0.5) is 8.78 Å². The van der Waals surface area contributed by atoms with Crippen molar-refractivity contribution in [3.05, 3.63) is 0 Å². The number of alkyl halides is 2. The number of halogens is 2. The zero-order valence-corrected chi connectivity index (χ0v) is 11.0. The Balaban J connectivity index is 1.80. The lowest BCUT2D eigenvalue weighted by molar-refractivity contribution is -0.127. The van der Waals surface area contributed by atoms with Crippen LogP contribution >= 0.6 is 0 Å². The van der Waals surface area contributed by atoms with Crippen molar-refractivity contribution in [2.75, 3.05) is 13.2 Å². The van der Waals surface area contributed by atoms with Crippen molar-refractivity contribution in [2.45, 2.75) is 56.5 Å². The number of aliphatic hydroxyl groups is 1. The molecule has 0 bridgehead atoms. The Morgan fingerprint density at radius 2 is 2.00 bits per heavy atom. The lowest BCUT2D eigenvalue weighted by atomic mass is 9.77. The van der Waals surface area contributed by atoms with Crippen LogP contribution in [0, 0.1) is 5.92 Å². The molecular formula is C13H22F2N2O2. The van der Waals surface area contributed by atoms with E-state index in [1.54, 1.807) is 0 Å². The van der Waals surface area contributed by atoms with Crippen LogP contribution in [-0.4, -0.2) is 42.2 Å². The molecule has 0 radical (unpaired) electrons. The van der Waals surface area contributed by atoms with Gasteiger partial charge in [-0.05, 0) is 31.6 Å². The second-order valence-electron chi connectivity index (χ2n) is 5.68. The van der Waals surface area contributed by atoms with Crippen molar-refractivity contribution >= 4 is 5.91 Å². The van der Waals surface area contributed by atoms with Gasteiger partial charge in [-0.1, -0.05) is 12.8 Å². The maximum Gasteiger partial charge on any atom is 0.287 e. The van der Waals surface area contributed by atoms with E-state index in [4.69, 9.17) is 5.11 Å².